The van der Waals surface area contributed by atoms with Crippen LogP contribution in [0.3, 0.4) is 0 Å². The van der Waals surface area contributed by atoms with E-state index in [2.05, 4.69) is 0 Å². The van der Waals surface area contributed by atoms with E-state index in [1.54, 1.807) is 17.0 Å². The van der Waals surface area contributed by atoms with Gasteiger partial charge in [-0.3, -0.25) is 14.9 Å². The van der Waals surface area contributed by atoms with Crippen LogP contribution in [0.15, 0.2) is 48.5 Å². The molecule has 1 amide bonds. The van der Waals surface area contributed by atoms with Crippen LogP contribution in [-0.4, -0.2) is 17.4 Å². The van der Waals surface area contributed by atoms with Gasteiger partial charge >= 0.3 is 0 Å². The second-order valence-corrected chi connectivity index (χ2v) is 5.36. The average molecular weight is 312 g/mol. The molecule has 118 valence electrons. The molecule has 0 atom stereocenters. The maximum absolute atomic E-state index is 11.8. The molecular weight excluding hydrogens is 296 g/mol. The Morgan fingerprint density at radius 1 is 1.17 bits per heavy atom. The Hall–Kier alpha value is -2.89. The minimum atomic E-state index is -0.429. The Labute approximate surface area is 133 Å². The number of amides is 1. The number of carbonyl (C=O) groups is 1. The topological polar surface area (TPSA) is 72.7 Å². The fraction of sp³-hybridized carbons (Fsp3) is 0.235. The molecule has 0 unspecified atom stereocenters. The van der Waals surface area contributed by atoms with Gasteiger partial charge in [0, 0.05) is 36.9 Å². The third kappa shape index (κ3) is 3.48. The molecule has 0 saturated carbocycles. The summed E-state index contributed by atoms with van der Waals surface area (Å²) in [5, 5.41) is 10.6. The zero-order valence-corrected chi connectivity index (χ0v) is 12.5. The van der Waals surface area contributed by atoms with Crippen LogP contribution < -0.4 is 9.64 Å². The zero-order chi connectivity index (χ0) is 16.2. The van der Waals surface area contributed by atoms with Gasteiger partial charge in [-0.2, -0.15) is 0 Å². The second kappa shape index (κ2) is 6.48. The number of anilines is 1. The quantitative estimate of drug-likeness (QED) is 0.627. The standard InChI is InChI=1S/C17H16N2O4/c20-17-5-2-10-18(17)15-3-1-4-16(11-15)23-12-13-6-8-14(9-7-13)19(21)22/h1,3-4,6-9,11H,2,5,10,12H2. The van der Waals surface area contributed by atoms with E-state index < -0.39 is 4.92 Å². The van der Waals surface area contributed by atoms with Gasteiger partial charge in [-0.25, -0.2) is 0 Å². The number of hydrogen-bond acceptors (Lipinski definition) is 4. The molecule has 6 heteroatoms. The van der Waals surface area contributed by atoms with Crippen molar-refractivity contribution in [3.05, 3.63) is 64.2 Å². The smallest absolute Gasteiger partial charge is 0.269 e. The number of hydrogen-bond donors (Lipinski definition) is 0. The number of non-ortho nitro benzene ring substituents is 1. The summed E-state index contributed by atoms with van der Waals surface area (Å²) >= 11 is 0. The largest absolute Gasteiger partial charge is 0.489 e. The molecule has 1 aliphatic heterocycles. The van der Waals surface area contributed by atoms with Crippen molar-refractivity contribution in [1.82, 2.24) is 0 Å². The summed E-state index contributed by atoms with van der Waals surface area (Å²) in [6, 6.07) is 13.7. The number of nitro groups is 1. The fourth-order valence-corrected chi connectivity index (χ4v) is 2.54. The van der Waals surface area contributed by atoms with E-state index >= 15 is 0 Å². The maximum atomic E-state index is 11.8. The molecule has 0 aromatic heterocycles. The third-order valence-electron chi connectivity index (χ3n) is 3.76. The summed E-state index contributed by atoms with van der Waals surface area (Å²) in [5.41, 5.74) is 1.75. The van der Waals surface area contributed by atoms with Crippen LogP contribution in [0.1, 0.15) is 18.4 Å². The van der Waals surface area contributed by atoms with Gasteiger partial charge in [-0.15, -0.1) is 0 Å². The van der Waals surface area contributed by atoms with Gasteiger partial charge in [0.25, 0.3) is 5.69 Å². The van der Waals surface area contributed by atoms with Crippen molar-refractivity contribution < 1.29 is 14.5 Å². The summed E-state index contributed by atoms with van der Waals surface area (Å²) in [6.45, 7) is 1.06. The lowest BCUT2D eigenvalue weighted by Gasteiger charge is -2.16. The SMILES string of the molecule is O=C1CCCN1c1cccc(OCc2ccc([N+](=O)[O-])cc2)c1. The van der Waals surface area contributed by atoms with Gasteiger partial charge in [0.1, 0.15) is 12.4 Å². The van der Waals surface area contributed by atoms with Crippen molar-refractivity contribution in [3.8, 4) is 5.75 Å². The van der Waals surface area contributed by atoms with Crippen molar-refractivity contribution in [2.45, 2.75) is 19.4 Å². The lowest BCUT2D eigenvalue weighted by atomic mass is 10.2. The molecule has 23 heavy (non-hydrogen) atoms. The summed E-state index contributed by atoms with van der Waals surface area (Å²) in [5.74, 6) is 0.804. The molecule has 0 bridgehead atoms. The van der Waals surface area contributed by atoms with Crippen molar-refractivity contribution in [3.63, 3.8) is 0 Å². The van der Waals surface area contributed by atoms with Crippen LogP contribution in [0.4, 0.5) is 11.4 Å². The van der Waals surface area contributed by atoms with E-state index in [0.717, 1.165) is 24.2 Å². The van der Waals surface area contributed by atoms with E-state index in [0.29, 0.717) is 18.8 Å². The number of rotatable bonds is 5. The predicted octanol–water partition coefficient (Wildman–Crippen LogP) is 3.30. The molecule has 1 aliphatic rings. The van der Waals surface area contributed by atoms with Gasteiger partial charge in [-0.1, -0.05) is 6.07 Å². The first-order chi connectivity index (χ1) is 11.1. The minimum Gasteiger partial charge on any atom is -0.489 e. The number of ether oxygens (including phenoxy) is 1. The monoisotopic (exact) mass is 312 g/mol. The molecule has 1 saturated heterocycles. The highest BCUT2D eigenvalue weighted by Gasteiger charge is 2.21. The second-order valence-electron chi connectivity index (χ2n) is 5.36. The first-order valence-corrected chi connectivity index (χ1v) is 7.40. The van der Waals surface area contributed by atoms with Crippen LogP contribution >= 0.6 is 0 Å². The summed E-state index contributed by atoms with van der Waals surface area (Å²) in [7, 11) is 0. The van der Waals surface area contributed by atoms with Crippen molar-refractivity contribution >= 4 is 17.3 Å². The highest BCUT2D eigenvalue weighted by molar-refractivity contribution is 5.95. The van der Waals surface area contributed by atoms with Gasteiger partial charge in [0.15, 0.2) is 0 Å². The van der Waals surface area contributed by atoms with Crippen LogP contribution in [0.5, 0.6) is 5.75 Å². The number of carbonyl (C=O) groups excluding carboxylic acids is 1. The Bertz CT molecular complexity index is 728. The Morgan fingerprint density at radius 3 is 2.61 bits per heavy atom. The molecule has 6 nitrogen and oxygen atoms in total. The first-order valence-electron chi connectivity index (χ1n) is 7.40. The minimum absolute atomic E-state index is 0.0586. The lowest BCUT2D eigenvalue weighted by Crippen LogP contribution is -2.23. The van der Waals surface area contributed by atoms with E-state index in [-0.39, 0.29) is 11.6 Å². The van der Waals surface area contributed by atoms with E-state index in [1.807, 2.05) is 24.3 Å². The average Bonchev–Trinajstić information content (AvgIpc) is 3.00. The van der Waals surface area contributed by atoms with Crippen molar-refractivity contribution in [2.75, 3.05) is 11.4 Å². The van der Waals surface area contributed by atoms with Crippen LogP contribution in [0.2, 0.25) is 0 Å². The van der Waals surface area contributed by atoms with Crippen LogP contribution in [-0.2, 0) is 11.4 Å². The molecular formula is C17H16N2O4. The molecule has 3 rings (SSSR count). The summed E-state index contributed by atoms with van der Waals surface area (Å²) < 4.78 is 5.72. The Morgan fingerprint density at radius 2 is 1.96 bits per heavy atom. The number of nitrogens with zero attached hydrogens (tertiary/aromatic N) is 2. The van der Waals surface area contributed by atoms with Crippen LogP contribution in [0.25, 0.3) is 0 Å². The lowest BCUT2D eigenvalue weighted by molar-refractivity contribution is -0.384. The molecule has 0 aliphatic carbocycles. The normalized spacial score (nSPS) is 14.1. The molecule has 2 aromatic carbocycles. The Kier molecular flexibility index (Phi) is 4.23. The van der Waals surface area contributed by atoms with E-state index in [4.69, 9.17) is 4.74 Å². The van der Waals surface area contributed by atoms with E-state index in [1.165, 1.54) is 12.1 Å². The van der Waals surface area contributed by atoms with Gasteiger partial charge < -0.3 is 9.64 Å². The predicted molar refractivity (Wildman–Crippen MR) is 85.5 cm³/mol. The van der Waals surface area contributed by atoms with Gasteiger partial charge in [-0.05, 0) is 36.2 Å². The zero-order valence-electron chi connectivity index (χ0n) is 12.5. The van der Waals surface area contributed by atoms with Crippen molar-refractivity contribution in [2.24, 2.45) is 0 Å². The summed E-state index contributed by atoms with van der Waals surface area (Å²) in [4.78, 5) is 23.7. The highest BCUT2D eigenvalue weighted by atomic mass is 16.6. The molecule has 0 radical (unpaired) electrons. The molecule has 0 N–H and O–H groups in total. The molecule has 2 aromatic rings. The first kappa shape index (κ1) is 15.0. The van der Waals surface area contributed by atoms with Gasteiger partial charge in [0.2, 0.25) is 5.91 Å². The fourth-order valence-electron chi connectivity index (χ4n) is 2.54. The van der Waals surface area contributed by atoms with Crippen molar-refractivity contribution in [1.29, 1.82) is 0 Å². The Balaban J connectivity index is 1.66. The van der Waals surface area contributed by atoms with Crippen LogP contribution in [0, 0.1) is 10.1 Å². The third-order valence-corrected chi connectivity index (χ3v) is 3.76. The summed E-state index contributed by atoms with van der Waals surface area (Å²) in [6.07, 6.45) is 1.47. The van der Waals surface area contributed by atoms with Gasteiger partial charge in [0.05, 0.1) is 4.92 Å². The molecule has 1 fully saturated rings. The highest BCUT2D eigenvalue weighted by Crippen LogP contribution is 2.26. The molecule has 0 spiro atoms. The molecule has 1 heterocycles. The maximum Gasteiger partial charge on any atom is 0.269 e. The van der Waals surface area contributed by atoms with E-state index in [9.17, 15) is 14.9 Å². The number of benzene rings is 2. The number of nitro benzene ring substituents is 1.